The monoisotopic (exact) mass is 296 g/mol. The highest BCUT2D eigenvalue weighted by Gasteiger charge is 2.18. The minimum absolute atomic E-state index is 0.0198. The molecule has 0 radical (unpaired) electrons. The fraction of sp³-hybridized carbons (Fsp3) is 0.533. The fourth-order valence-electron chi connectivity index (χ4n) is 1.84. The van der Waals surface area contributed by atoms with Gasteiger partial charge in [0.15, 0.2) is 0 Å². The molecule has 1 unspecified atom stereocenters. The van der Waals surface area contributed by atoms with Crippen LogP contribution in [-0.4, -0.2) is 50.4 Å². The predicted molar refractivity (Wildman–Crippen MR) is 85.4 cm³/mol. The summed E-state index contributed by atoms with van der Waals surface area (Å²) >= 11 is 1.63. The van der Waals surface area contributed by atoms with Crippen LogP contribution in [0, 0.1) is 0 Å². The summed E-state index contributed by atoms with van der Waals surface area (Å²) in [7, 11) is 3.65. The predicted octanol–water partition coefficient (Wildman–Crippen LogP) is 2.70. The average molecular weight is 296 g/mol. The molecule has 0 saturated heterocycles. The Labute approximate surface area is 125 Å². The number of nitrogens with one attached hydrogen (secondary N) is 1. The summed E-state index contributed by atoms with van der Waals surface area (Å²) in [6.07, 6.45) is 2.93. The summed E-state index contributed by atoms with van der Waals surface area (Å²) in [6.45, 7) is 3.48. The number of benzene rings is 1. The summed E-state index contributed by atoms with van der Waals surface area (Å²) < 4.78 is 5.03. The van der Waals surface area contributed by atoms with E-state index in [-0.39, 0.29) is 11.9 Å². The molecule has 1 amide bonds. The van der Waals surface area contributed by atoms with Gasteiger partial charge in [0, 0.05) is 25.2 Å². The van der Waals surface area contributed by atoms with Crippen molar-refractivity contribution >= 4 is 23.4 Å². The Morgan fingerprint density at radius 1 is 1.45 bits per heavy atom. The Bertz CT molecular complexity index is 426. The number of methoxy groups -OCH3 is 1. The number of rotatable bonds is 8. The second-order valence-electron chi connectivity index (χ2n) is 4.69. The summed E-state index contributed by atoms with van der Waals surface area (Å²) in [6, 6.07) is 7.68. The van der Waals surface area contributed by atoms with Gasteiger partial charge in [0.25, 0.3) is 0 Å². The zero-order valence-electron chi connectivity index (χ0n) is 12.7. The normalized spacial score (nSPS) is 12.4. The lowest BCUT2D eigenvalue weighted by Crippen LogP contribution is -2.40. The lowest BCUT2D eigenvalue weighted by atomic mass is 10.2. The number of likely N-dealkylation sites (N-methyl/N-ethyl adjacent to an activating group) is 1. The van der Waals surface area contributed by atoms with Crippen LogP contribution >= 0.6 is 11.8 Å². The summed E-state index contributed by atoms with van der Waals surface area (Å²) in [5.74, 6) is 0.0198. The SMILES string of the molecule is COCCCN(C)C(C)C(=O)Nc1ccccc1SC. The van der Waals surface area contributed by atoms with Gasteiger partial charge in [-0.3, -0.25) is 9.69 Å². The van der Waals surface area contributed by atoms with E-state index >= 15 is 0 Å². The second kappa shape index (κ2) is 9.00. The lowest BCUT2D eigenvalue weighted by Gasteiger charge is -2.24. The van der Waals surface area contributed by atoms with Crippen LogP contribution in [0.1, 0.15) is 13.3 Å². The molecule has 4 nitrogen and oxygen atoms in total. The van der Waals surface area contributed by atoms with E-state index in [9.17, 15) is 4.79 Å². The van der Waals surface area contributed by atoms with Gasteiger partial charge in [-0.2, -0.15) is 0 Å². The molecule has 0 aromatic heterocycles. The highest BCUT2D eigenvalue weighted by atomic mass is 32.2. The Hall–Kier alpha value is -1.04. The van der Waals surface area contributed by atoms with Crippen LogP contribution in [0.25, 0.3) is 0 Å². The highest BCUT2D eigenvalue weighted by Crippen LogP contribution is 2.24. The van der Waals surface area contributed by atoms with Crippen LogP contribution in [0.2, 0.25) is 0 Å². The fourth-order valence-corrected chi connectivity index (χ4v) is 2.39. The van der Waals surface area contributed by atoms with E-state index in [0.717, 1.165) is 23.5 Å². The quantitative estimate of drug-likeness (QED) is 0.591. The van der Waals surface area contributed by atoms with E-state index < -0.39 is 0 Å². The number of ether oxygens (including phenoxy) is 1. The molecule has 1 N–H and O–H groups in total. The van der Waals surface area contributed by atoms with Crippen molar-refractivity contribution in [3.8, 4) is 0 Å². The van der Waals surface area contributed by atoms with Crippen LogP contribution in [0.15, 0.2) is 29.2 Å². The van der Waals surface area contributed by atoms with Crippen molar-refractivity contribution in [2.75, 3.05) is 38.9 Å². The van der Waals surface area contributed by atoms with E-state index in [4.69, 9.17) is 4.74 Å². The molecule has 0 heterocycles. The third kappa shape index (κ3) is 5.15. The minimum Gasteiger partial charge on any atom is -0.385 e. The maximum absolute atomic E-state index is 12.3. The zero-order valence-corrected chi connectivity index (χ0v) is 13.5. The molecule has 0 spiro atoms. The topological polar surface area (TPSA) is 41.6 Å². The number of carbonyl (C=O) groups is 1. The van der Waals surface area contributed by atoms with Crippen molar-refractivity contribution in [1.82, 2.24) is 4.90 Å². The molecule has 20 heavy (non-hydrogen) atoms. The van der Waals surface area contributed by atoms with Crippen molar-refractivity contribution in [2.24, 2.45) is 0 Å². The molecule has 0 aliphatic rings. The first-order valence-corrected chi connectivity index (χ1v) is 7.95. The number of para-hydroxylation sites is 1. The summed E-state index contributed by atoms with van der Waals surface area (Å²) in [5.41, 5.74) is 0.877. The molecule has 1 atom stereocenters. The van der Waals surface area contributed by atoms with Gasteiger partial charge >= 0.3 is 0 Å². The number of nitrogens with zero attached hydrogens (tertiary/aromatic N) is 1. The largest absolute Gasteiger partial charge is 0.385 e. The molecular weight excluding hydrogens is 272 g/mol. The second-order valence-corrected chi connectivity index (χ2v) is 5.54. The molecule has 5 heteroatoms. The molecule has 1 aromatic carbocycles. The van der Waals surface area contributed by atoms with Gasteiger partial charge in [-0.05, 0) is 38.8 Å². The van der Waals surface area contributed by atoms with Crippen molar-refractivity contribution in [1.29, 1.82) is 0 Å². The van der Waals surface area contributed by atoms with Gasteiger partial charge in [0.2, 0.25) is 5.91 Å². The van der Waals surface area contributed by atoms with Crippen LogP contribution < -0.4 is 5.32 Å². The molecule has 0 aliphatic carbocycles. The lowest BCUT2D eigenvalue weighted by molar-refractivity contribution is -0.120. The van der Waals surface area contributed by atoms with E-state index in [1.807, 2.05) is 49.4 Å². The van der Waals surface area contributed by atoms with Crippen LogP contribution in [0.3, 0.4) is 0 Å². The minimum atomic E-state index is -0.165. The zero-order chi connectivity index (χ0) is 15.0. The van der Waals surface area contributed by atoms with E-state index in [1.54, 1.807) is 18.9 Å². The van der Waals surface area contributed by atoms with E-state index in [1.165, 1.54) is 0 Å². The number of carbonyl (C=O) groups excluding carboxylic acids is 1. The van der Waals surface area contributed by atoms with Crippen LogP contribution in [0.5, 0.6) is 0 Å². The van der Waals surface area contributed by atoms with E-state index in [2.05, 4.69) is 5.32 Å². The van der Waals surface area contributed by atoms with Gasteiger partial charge in [0.1, 0.15) is 0 Å². The van der Waals surface area contributed by atoms with Crippen molar-refractivity contribution < 1.29 is 9.53 Å². The van der Waals surface area contributed by atoms with Gasteiger partial charge in [-0.25, -0.2) is 0 Å². The van der Waals surface area contributed by atoms with Gasteiger partial charge in [-0.1, -0.05) is 12.1 Å². The highest BCUT2D eigenvalue weighted by molar-refractivity contribution is 7.98. The van der Waals surface area contributed by atoms with Crippen LogP contribution in [0.4, 0.5) is 5.69 Å². The molecule has 0 bridgehead atoms. The number of hydrogen-bond donors (Lipinski definition) is 1. The first-order valence-electron chi connectivity index (χ1n) is 6.73. The smallest absolute Gasteiger partial charge is 0.241 e. The Morgan fingerprint density at radius 3 is 2.80 bits per heavy atom. The first-order chi connectivity index (χ1) is 9.60. The Morgan fingerprint density at radius 2 is 2.15 bits per heavy atom. The van der Waals surface area contributed by atoms with Crippen molar-refractivity contribution in [3.63, 3.8) is 0 Å². The van der Waals surface area contributed by atoms with Gasteiger partial charge < -0.3 is 10.1 Å². The summed E-state index contributed by atoms with van der Waals surface area (Å²) in [4.78, 5) is 15.4. The van der Waals surface area contributed by atoms with Gasteiger partial charge in [-0.15, -0.1) is 11.8 Å². The Balaban J connectivity index is 2.56. The molecule has 0 aliphatic heterocycles. The molecule has 0 saturated carbocycles. The molecule has 1 aromatic rings. The molecule has 0 fully saturated rings. The number of hydrogen-bond acceptors (Lipinski definition) is 4. The Kier molecular flexibility index (Phi) is 7.65. The average Bonchev–Trinajstić information content (AvgIpc) is 2.47. The van der Waals surface area contributed by atoms with Crippen LogP contribution in [-0.2, 0) is 9.53 Å². The maximum atomic E-state index is 12.3. The standard InChI is InChI=1S/C15H24N2O2S/c1-12(17(2)10-7-11-19-3)15(18)16-13-8-5-6-9-14(13)20-4/h5-6,8-9,12H,7,10-11H2,1-4H3,(H,16,18). The summed E-state index contributed by atoms with van der Waals surface area (Å²) in [5, 5.41) is 3.00. The van der Waals surface area contributed by atoms with Crippen molar-refractivity contribution in [3.05, 3.63) is 24.3 Å². The molecular formula is C15H24N2O2S. The third-order valence-corrected chi connectivity index (χ3v) is 4.06. The van der Waals surface area contributed by atoms with Gasteiger partial charge in [0.05, 0.1) is 11.7 Å². The number of amides is 1. The number of anilines is 1. The van der Waals surface area contributed by atoms with Crippen molar-refractivity contribution in [2.45, 2.75) is 24.3 Å². The molecule has 1 rings (SSSR count). The van der Waals surface area contributed by atoms with E-state index in [0.29, 0.717) is 6.61 Å². The number of thioether (sulfide) groups is 1. The molecule has 112 valence electrons. The first kappa shape index (κ1) is 17.0. The third-order valence-electron chi connectivity index (χ3n) is 3.26. The maximum Gasteiger partial charge on any atom is 0.241 e.